The SMILES string of the molecule is CC(C)[NH][AlH2]. The molecule has 0 amide bonds. The van der Waals surface area contributed by atoms with Gasteiger partial charge in [-0.05, 0) is 6.04 Å². The average molecular weight is 87.1 g/mol. The van der Waals surface area contributed by atoms with Crippen LogP contribution in [0.3, 0.4) is 0 Å². The van der Waals surface area contributed by atoms with Gasteiger partial charge in [0.1, 0.15) is 0 Å². The molecular formula is C3H10AlN. The molecule has 0 aromatic heterocycles. The summed E-state index contributed by atoms with van der Waals surface area (Å²) in [6, 6.07) is 0.696. The van der Waals surface area contributed by atoms with Crippen molar-refractivity contribution < 1.29 is 0 Å². The van der Waals surface area contributed by atoms with Crippen molar-refractivity contribution in [1.82, 2.24) is 4.30 Å². The van der Waals surface area contributed by atoms with Crippen molar-refractivity contribution in [3.05, 3.63) is 0 Å². The first kappa shape index (κ1) is 5.49. The Balaban J connectivity index is 2.54. The van der Waals surface area contributed by atoms with Gasteiger partial charge in [0.15, 0.2) is 0 Å². The van der Waals surface area contributed by atoms with Crippen LogP contribution in [0, 0.1) is 0 Å². The fourth-order valence-electron chi connectivity index (χ4n) is 0. The molecule has 1 nitrogen and oxygen atoms in total. The first-order chi connectivity index (χ1) is 2.27. The highest BCUT2D eigenvalue weighted by Gasteiger charge is 1.76. The monoisotopic (exact) mass is 87.1 g/mol. The van der Waals surface area contributed by atoms with E-state index in [1.165, 1.54) is 0 Å². The van der Waals surface area contributed by atoms with E-state index in [2.05, 4.69) is 18.1 Å². The predicted molar refractivity (Wildman–Crippen MR) is 26.8 cm³/mol. The minimum absolute atomic E-state index is 0.696. The second-order valence-corrected chi connectivity index (χ2v) is 2.02. The van der Waals surface area contributed by atoms with Crippen LogP contribution in [0.25, 0.3) is 0 Å². The standard InChI is InChI=1S/C3H8N.Al.2H/c1-3(2)4;;;/h3-4H,1-2H3;;;/q-1;+1;;. The van der Waals surface area contributed by atoms with E-state index >= 15 is 0 Å². The van der Waals surface area contributed by atoms with Crippen molar-refractivity contribution in [3.8, 4) is 0 Å². The molecule has 0 unspecified atom stereocenters. The van der Waals surface area contributed by atoms with Gasteiger partial charge < -0.3 is 4.30 Å². The lowest BCUT2D eigenvalue weighted by atomic mass is 10.4. The Kier molecular flexibility index (Phi) is 2.98. The number of hydrogen-bond donors (Lipinski definition) is 1. The summed E-state index contributed by atoms with van der Waals surface area (Å²) in [6.45, 7) is 4.29. The van der Waals surface area contributed by atoms with Crippen LogP contribution in [0.1, 0.15) is 13.8 Å². The van der Waals surface area contributed by atoms with Crippen molar-refractivity contribution in [2.45, 2.75) is 19.9 Å². The lowest BCUT2D eigenvalue weighted by Crippen LogP contribution is -2.17. The third-order valence-corrected chi connectivity index (χ3v) is 1.73. The van der Waals surface area contributed by atoms with Gasteiger partial charge in [0, 0.05) is 0 Å². The van der Waals surface area contributed by atoms with Gasteiger partial charge in [-0.1, -0.05) is 13.8 Å². The number of nitrogens with one attached hydrogen (secondary N) is 1. The topological polar surface area (TPSA) is 12.0 Å². The highest BCUT2D eigenvalue weighted by Crippen LogP contribution is 1.66. The van der Waals surface area contributed by atoms with Gasteiger partial charge in [-0.15, -0.1) is 0 Å². The van der Waals surface area contributed by atoms with E-state index in [0.29, 0.717) is 6.04 Å². The Labute approximate surface area is 41.4 Å². The fourth-order valence-corrected chi connectivity index (χ4v) is 0. The second-order valence-electron chi connectivity index (χ2n) is 1.44. The number of rotatable bonds is 1. The summed E-state index contributed by atoms with van der Waals surface area (Å²) < 4.78 is 3.17. The van der Waals surface area contributed by atoms with Gasteiger partial charge in [-0.3, -0.25) is 0 Å². The molecule has 2 heteroatoms. The Morgan fingerprint density at radius 3 is 1.80 bits per heavy atom. The van der Waals surface area contributed by atoms with Crippen molar-refractivity contribution >= 4 is 16.5 Å². The maximum absolute atomic E-state index is 3.17. The molecule has 0 aliphatic carbocycles. The molecule has 0 radical (unpaired) electrons. The molecule has 0 aliphatic rings. The van der Waals surface area contributed by atoms with Crippen molar-refractivity contribution in [3.63, 3.8) is 0 Å². The van der Waals surface area contributed by atoms with Crippen LogP contribution in [0.5, 0.6) is 0 Å². The molecule has 30 valence electrons. The Bertz CT molecular complexity index is 20.9. The molecule has 0 spiro atoms. The van der Waals surface area contributed by atoms with Gasteiger partial charge >= 0.3 is 16.5 Å². The van der Waals surface area contributed by atoms with E-state index < -0.39 is 0 Å². The van der Waals surface area contributed by atoms with Crippen LogP contribution >= 0.6 is 0 Å². The van der Waals surface area contributed by atoms with Gasteiger partial charge in [-0.2, -0.15) is 0 Å². The van der Waals surface area contributed by atoms with Crippen LogP contribution in [-0.2, 0) is 0 Å². The summed E-state index contributed by atoms with van der Waals surface area (Å²) in [4.78, 5) is 0. The lowest BCUT2D eigenvalue weighted by Gasteiger charge is -1.96. The van der Waals surface area contributed by atoms with Crippen molar-refractivity contribution in [2.24, 2.45) is 0 Å². The molecule has 0 rings (SSSR count). The first-order valence-corrected chi connectivity index (χ1v) is 2.94. The normalized spacial score (nSPS) is 9.40. The third kappa shape index (κ3) is 4.49. The molecule has 0 bridgehead atoms. The molecule has 0 heterocycles. The van der Waals surface area contributed by atoms with E-state index in [-0.39, 0.29) is 0 Å². The summed E-state index contributed by atoms with van der Waals surface area (Å²) in [5, 5.41) is 0. The van der Waals surface area contributed by atoms with Crippen LogP contribution in [0.15, 0.2) is 0 Å². The molecular weight excluding hydrogens is 77.0 g/mol. The van der Waals surface area contributed by atoms with Crippen molar-refractivity contribution in [2.75, 3.05) is 0 Å². The third-order valence-electron chi connectivity index (χ3n) is 0.577. The Hall–Kier alpha value is 0.492. The minimum Gasteiger partial charge on any atom is -0.402 e. The zero-order valence-electron chi connectivity index (χ0n) is 4.08. The number of hydrogen-bond acceptors (Lipinski definition) is 1. The van der Waals surface area contributed by atoms with E-state index in [4.69, 9.17) is 0 Å². The molecule has 0 saturated heterocycles. The van der Waals surface area contributed by atoms with Crippen LogP contribution in [0.2, 0.25) is 0 Å². The van der Waals surface area contributed by atoms with Crippen LogP contribution in [-0.4, -0.2) is 22.6 Å². The van der Waals surface area contributed by atoms with Crippen molar-refractivity contribution in [1.29, 1.82) is 0 Å². The van der Waals surface area contributed by atoms with Crippen LogP contribution < -0.4 is 4.30 Å². The zero-order chi connectivity index (χ0) is 4.28. The minimum atomic E-state index is 0.696. The quantitative estimate of drug-likeness (QED) is 0.426. The summed E-state index contributed by atoms with van der Waals surface area (Å²) >= 11 is 1.12. The van der Waals surface area contributed by atoms with E-state index in [9.17, 15) is 0 Å². The Morgan fingerprint density at radius 2 is 1.80 bits per heavy atom. The second kappa shape index (κ2) is 2.72. The maximum Gasteiger partial charge on any atom is 0.319 e. The average Bonchev–Trinajstić information content (AvgIpc) is 1.38. The fraction of sp³-hybridized carbons (Fsp3) is 1.00. The van der Waals surface area contributed by atoms with Crippen LogP contribution in [0.4, 0.5) is 0 Å². The van der Waals surface area contributed by atoms with E-state index in [0.717, 1.165) is 16.5 Å². The summed E-state index contributed by atoms with van der Waals surface area (Å²) in [7, 11) is 0. The summed E-state index contributed by atoms with van der Waals surface area (Å²) in [5.74, 6) is 0. The Morgan fingerprint density at radius 1 is 1.60 bits per heavy atom. The molecule has 0 aliphatic heterocycles. The summed E-state index contributed by atoms with van der Waals surface area (Å²) in [5.41, 5.74) is 0. The predicted octanol–water partition coefficient (Wildman–Crippen LogP) is -0.468. The maximum atomic E-state index is 3.17. The smallest absolute Gasteiger partial charge is 0.319 e. The van der Waals surface area contributed by atoms with Gasteiger partial charge in [0.25, 0.3) is 0 Å². The summed E-state index contributed by atoms with van der Waals surface area (Å²) in [6.07, 6.45) is 0. The highest BCUT2D eigenvalue weighted by atomic mass is 27.1. The zero-order valence-corrected chi connectivity index (χ0v) is 6.08. The van der Waals surface area contributed by atoms with Gasteiger partial charge in [0.05, 0.1) is 0 Å². The highest BCUT2D eigenvalue weighted by molar-refractivity contribution is 6.04. The molecule has 0 aromatic rings. The molecule has 0 aromatic carbocycles. The van der Waals surface area contributed by atoms with E-state index in [1.807, 2.05) is 0 Å². The molecule has 0 saturated carbocycles. The molecule has 5 heavy (non-hydrogen) atoms. The molecule has 0 fully saturated rings. The van der Waals surface area contributed by atoms with Gasteiger partial charge in [-0.25, -0.2) is 0 Å². The first-order valence-electron chi connectivity index (χ1n) is 1.94. The molecule has 1 N–H and O–H groups in total. The lowest BCUT2D eigenvalue weighted by molar-refractivity contribution is 0.761. The van der Waals surface area contributed by atoms with E-state index in [1.54, 1.807) is 0 Å². The largest absolute Gasteiger partial charge is 0.402 e. The van der Waals surface area contributed by atoms with Gasteiger partial charge in [0.2, 0.25) is 0 Å². The molecule has 0 atom stereocenters.